The Kier molecular flexibility index (Phi) is 5.06. The van der Waals surface area contributed by atoms with Crippen LogP contribution in [-0.2, 0) is 15.6 Å². The molecule has 2 aromatic carbocycles. The van der Waals surface area contributed by atoms with Gasteiger partial charge in [0.05, 0.1) is 16.8 Å². The Morgan fingerprint density at radius 3 is 2.29 bits per heavy atom. The lowest BCUT2D eigenvalue weighted by Crippen LogP contribution is -2.10. The summed E-state index contributed by atoms with van der Waals surface area (Å²) < 4.78 is 31.5. The number of benzene rings is 2. The second-order valence-corrected chi connectivity index (χ2v) is 7.89. The minimum Gasteiger partial charge on any atom is -0.491 e. The van der Waals surface area contributed by atoms with Crippen LogP contribution in [0.5, 0.6) is 5.75 Å². The van der Waals surface area contributed by atoms with Crippen LogP contribution in [0.4, 0.5) is 0 Å². The molecule has 0 aliphatic carbocycles. The fourth-order valence-electron chi connectivity index (χ4n) is 1.92. The molecular formula is C16H17BrO3S. The molecule has 21 heavy (non-hydrogen) atoms. The monoisotopic (exact) mass is 368 g/mol. The van der Waals surface area contributed by atoms with Crippen molar-refractivity contribution in [2.24, 2.45) is 0 Å². The molecule has 0 heterocycles. The Labute approximate surface area is 134 Å². The highest BCUT2D eigenvalue weighted by Gasteiger charge is 2.18. The summed E-state index contributed by atoms with van der Waals surface area (Å²) in [4.78, 5) is 0.310. The van der Waals surface area contributed by atoms with Crippen molar-refractivity contribution >= 4 is 25.8 Å². The summed E-state index contributed by atoms with van der Waals surface area (Å²) in [6.45, 7) is 3.83. The van der Waals surface area contributed by atoms with Crippen molar-refractivity contribution in [3.63, 3.8) is 0 Å². The van der Waals surface area contributed by atoms with E-state index in [-0.39, 0.29) is 11.9 Å². The summed E-state index contributed by atoms with van der Waals surface area (Å²) in [5.41, 5.74) is 0.675. The van der Waals surface area contributed by atoms with Gasteiger partial charge in [0.2, 0.25) is 0 Å². The summed E-state index contributed by atoms with van der Waals surface area (Å²) in [6.07, 6.45) is 0.00142. The molecule has 0 atom stereocenters. The lowest BCUT2D eigenvalue weighted by atomic mass is 10.2. The van der Waals surface area contributed by atoms with E-state index in [0.29, 0.717) is 16.2 Å². The lowest BCUT2D eigenvalue weighted by molar-refractivity contribution is 0.240. The van der Waals surface area contributed by atoms with Gasteiger partial charge < -0.3 is 4.74 Å². The zero-order valence-corrected chi connectivity index (χ0v) is 14.3. The fraction of sp³-hybridized carbons (Fsp3) is 0.250. The fourth-order valence-corrected chi connectivity index (χ4v) is 3.55. The lowest BCUT2D eigenvalue weighted by Gasteiger charge is -2.14. The number of para-hydroxylation sites is 1. The van der Waals surface area contributed by atoms with Gasteiger partial charge in [-0.1, -0.05) is 34.1 Å². The van der Waals surface area contributed by atoms with Gasteiger partial charge in [-0.2, -0.15) is 0 Å². The number of sulfone groups is 1. The quantitative estimate of drug-likeness (QED) is 0.793. The van der Waals surface area contributed by atoms with Crippen molar-refractivity contribution in [3.05, 3.63) is 58.6 Å². The molecule has 0 aliphatic rings. The van der Waals surface area contributed by atoms with E-state index in [1.54, 1.807) is 36.4 Å². The third-order valence-corrected chi connectivity index (χ3v) is 5.06. The molecule has 0 amide bonds. The minimum absolute atomic E-state index is 0.00142. The van der Waals surface area contributed by atoms with Gasteiger partial charge in [0, 0.05) is 10.0 Å². The van der Waals surface area contributed by atoms with Crippen molar-refractivity contribution in [1.29, 1.82) is 0 Å². The molecule has 0 bridgehead atoms. The van der Waals surface area contributed by atoms with E-state index in [9.17, 15) is 8.42 Å². The van der Waals surface area contributed by atoms with E-state index in [1.807, 2.05) is 26.0 Å². The Balaban J connectivity index is 2.30. The van der Waals surface area contributed by atoms with Gasteiger partial charge in [0.1, 0.15) is 5.75 Å². The number of rotatable bonds is 5. The smallest absolute Gasteiger partial charge is 0.182 e. The average Bonchev–Trinajstić information content (AvgIpc) is 2.40. The Hall–Kier alpha value is -1.33. The first-order chi connectivity index (χ1) is 9.88. The van der Waals surface area contributed by atoms with Crippen LogP contribution in [0.25, 0.3) is 0 Å². The molecule has 0 aromatic heterocycles. The van der Waals surface area contributed by atoms with Crippen LogP contribution in [-0.4, -0.2) is 14.5 Å². The van der Waals surface area contributed by atoms with Crippen LogP contribution in [0.3, 0.4) is 0 Å². The van der Waals surface area contributed by atoms with E-state index in [2.05, 4.69) is 15.9 Å². The summed E-state index contributed by atoms with van der Waals surface area (Å²) in [5.74, 6) is 0.547. The van der Waals surface area contributed by atoms with E-state index >= 15 is 0 Å². The normalized spacial score (nSPS) is 11.6. The van der Waals surface area contributed by atoms with Gasteiger partial charge in [-0.3, -0.25) is 0 Å². The number of ether oxygens (including phenoxy) is 1. The Bertz CT molecular complexity index is 707. The predicted molar refractivity (Wildman–Crippen MR) is 87.2 cm³/mol. The van der Waals surface area contributed by atoms with Crippen LogP contribution < -0.4 is 4.74 Å². The molecule has 0 unspecified atom stereocenters. The Morgan fingerprint density at radius 2 is 1.67 bits per heavy atom. The van der Waals surface area contributed by atoms with Crippen LogP contribution >= 0.6 is 15.9 Å². The van der Waals surface area contributed by atoms with Crippen molar-refractivity contribution in [2.45, 2.75) is 30.6 Å². The maximum Gasteiger partial charge on any atom is 0.182 e. The molecule has 5 heteroatoms. The molecule has 0 N–H and O–H groups in total. The molecular weight excluding hydrogens is 352 g/mol. The van der Waals surface area contributed by atoms with Gasteiger partial charge in [0.25, 0.3) is 0 Å². The third-order valence-electron chi connectivity index (χ3n) is 2.85. The topological polar surface area (TPSA) is 43.4 Å². The van der Waals surface area contributed by atoms with Crippen LogP contribution in [0, 0.1) is 0 Å². The second kappa shape index (κ2) is 6.62. The van der Waals surface area contributed by atoms with Crippen LogP contribution in [0.15, 0.2) is 57.9 Å². The van der Waals surface area contributed by atoms with Crippen molar-refractivity contribution < 1.29 is 13.2 Å². The largest absolute Gasteiger partial charge is 0.491 e. The van der Waals surface area contributed by atoms with Crippen LogP contribution in [0.1, 0.15) is 19.4 Å². The molecule has 0 spiro atoms. The van der Waals surface area contributed by atoms with E-state index < -0.39 is 9.84 Å². The first-order valence-electron chi connectivity index (χ1n) is 6.61. The summed E-state index contributed by atoms with van der Waals surface area (Å²) in [6, 6.07) is 13.9. The highest BCUT2D eigenvalue weighted by atomic mass is 79.9. The van der Waals surface area contributed by atoms with E-state index in [4.69, 9.17) is 4.74 Å². The summed E-state index contributed by atoms with van der Waals surface area (Å²) in [5, 5.41) is 0. The van der Waals surface area contributed by atoms with Crippen molar-refractivity contribution in [1.82, 2.24) is 0 Å². The molecule has 112 valence electrons. The zero-order valence-electron chi connectivity index (χ0n) is 11.9. The molecule has 0 fully saturated rings. The van der Waals surface area contributed by atoms with E-state index in [1.165, 1.54) is 0 Å². The van der Waals surface area contributed by atoms with Crippen LogP contribution in [0.2, 0.25) is 0 Å². The standard InChI is InChI=1S/C16H17BrO3S/c1-12(2)20-16-6-4-3-5-13(16)11-21(18,19)15-9-7-14(17)8-10-15/h3-10,12H,11H2,1-2H3. The highest BCUT2D eigenvalue weighted by Crippen LogP contribution is 2.25. The molecule has 0 saturated carbocycles. The third kappa shape index (κ3) is 4.32. The maximum absolute atomic E-state index is 12.5. The Morgan fingerprint density at radius 1 is 1.05 bits per heavy atom. The first-order valence-corrected chi connectivity index (χ1v) is 9.06. The molecule has 2 aromatic rings. The molecule has 2 rings (SSSR count). The predicted octanol–water partition coefficient (Wildman–Crippen LogP) is 4.21. The molecule has 0 radical (unpaired) electrons. The SMILES string of the molecule is CC(C)Oc1ccccc1CS(=O)(=O)c1ccc(Br)cc1. The van der Waals surface area contributed by atoms with Gasteiger partial charge >= 0.3 is 0 Å². The van der Waals surface area contributed by atoms with Gasteiger partial charge in [0.15, 0.2) is 9.84 Å². The zero-order chi connectivity index (χ0) is 15.5. The van der Waals surface area contributed by atoms with Crippen molar-refractivity contribution in [3.8, 4) is 5.75 Å². The maximum atomic E-state index is 12.5. The van der Waals surface area contributed by atoms with Gasteiger partial charge in [-0.25, -0.2) is 8.42 Å². The average molecular weight is 369 g/mol. The number of hydrogen-bond donors (Lipinski definition) is 0. The molecule has 0 aliphatic heterocycles. The van der Waals surface area contributed by atoms with Gasteiger partial charge in [-0.15, -0.1) is 0 Å². The molecule has 3 nitrogen and oxygen atoms in total. The van der Waals surface area contributed by atoms with Gasteiger partial charge in [-0.05, 0) is 44.2 Å². The van der Waals surface area contributed by atoms with E-state index in [0.717, 1.165) is 4.47 Å². The molecule has 0 saturated heterocycles. The van der Waals surface area contributed by atoms with Crippen molar-refractivity contribution in [2.75, 3.05) is 0 Å². The number of hydrogen-bond acceptors (Lipinski definition) is 3. The highest BCUT2D eigenvalue weighted by molar-refractivity contribution is 9.10. The minimum atomic E-state index is -3.39. The summed E-state index contributed by atoms with van der Waals surface area (Å²) >= 11 is 3.30. The number of halogens is 1. The summed E-state index contributed by atoms with van der Waals surface area (Å²) in [7, 11) is -3.39. The first kappa shape index (κ1) is 16.0. The second-order valence-electron chi connectivity index (χ2n) is 4.99.